The van der Waals surface area contributed by atoms with Crippen LogP contribution in [0, 0.1) is 0 Å². The second kappa shape index (κ2) is 8.44. The van der Waals surface area contributed by atoms with Crippen LogP contribution in [0.4, 0.5) is 0 Å². The molecule has 0 unspecified atom stereocenters. The van der Waals surface area contributed by atoms with Gasteiger partial charge in [0.05, 0.1) is 26.9 Å². The zero-order chi connectivity index (χ0) is 11.6. The predicted molar refractivity (Wildman–Crippen MR) is 66.4 cm³/mol. The Balaban J connectivity index is 2.12. The number of ether oxygens (including phenoxy) is 3. The Morgan fingerprint density at radius 2 is 1.75 bits per heavy atom. The monoisotopic (exact) mass is 242 g/mol. The van der Waals surface area contributed by atoms with Crippen molar-refractivity contribution in [3.8, 4) is 5.75 Å². The van der Waals surface area contributed by atoms with Gasteiger partial charge in [0.2, 0.25) is 0 Å². The van der Waals surface area contributed by atoms with Gasteiger partial charge in [-0.1, -0.05) is 0 Å². The molecule has 0 bridgehead atoms. The number of thioether (sulfide) groups is 1. The van der Waals surface area contributed by atoms with Gasteiger partial charge in [-0.25, -0.2) is 0 Å². The van der Waals surface area contributed by atoms with Gasteiger partial charge in [-0.15, -0.1) is 11.8 Å². The third-order valence-corrected chi connectivity index (χ3v) is 2.96. The van der Waals surface area contributed by atoms with Crippen LogP contribution in [-0.4, -0.2) is 39.8 Å². The van der Waals surface area contributed by atoms with E-state index in [1.54, 1.807) is 26.0 Å². The predicted octanol–water partition coefficient (Wildman–Crippen LogP) is 2.45. The molecule has 0 fully saturated rings. The third-order valence-electron chi connectivity index (χ3n) is 1.99. The van der Waals surface area contributed by atoms with Crippen LogP contribution < -0.4 is 4.74 Å². The van der Waals surface area contributed by atoms with Crippen molar-refractivity contribution in [1.29, 1.82) is 0 Å². The highest BCUT2D eigenvalue weighted by Crippen LogP contribution is 2.20. The van der Waals surface area contributed by atoms with Gasteiger partial charge in [0.15, 0.2) is 0 Å². The highest BCUT2D eigenvalue weighted by Gasteiger charge is 1.95. The lowest BCUT2D eigenvalue weighted by molar-refractivity contribution is 0.0790. The number of rotatable bonds is 8. The summed E-state index contributed by atoms with van der Waals surface area (Å²) in [4.78, 5) is 1.23. The van der Waals surface area contributed by atoms with Crippen LogP contribution in [0.5, 0.6) is 5.75 Å². The van der Waals surface area contributed by atoms with Crippen molar-refractivity contribution >= 4 is 11.8 Å². The van der Waals surface area contributed by atoms with Gasteiger partial charge in [0.25, 0.3) is 0 Å². The molecule has 0 atom stereocenters. The fraction of sp³-hybridized carbons (Fsp3) is 0.500. The molecule has 1 aromatic carbocycles. The summed E-state index contributed by atoms with van der Waals surface area (Å²) in [6.45, 7) is 2.08. The second-order valence-electron chi connectivity index (χ2n) is 3.13. The Labute approximate surface area is 101 Å². The molecule has 0 amide bonds. The van der Waals surface area contributed by atoms with Gasteiger partial charge in [-0.05, 0) is 24.3 Å². The molecular formula is C12H18O3S. The molecule has 0 saturated carbocycles. The lowest BCUT2D eigenvalue weighted by Gasteiger charge is -2.04. The molecule has 3 nitrogen and oxygen atoms in total. The molecule has 0 aliphatic heterocycles. The maximum atomic E-state index is 5.37. The first kappa shape index (κ1) is 13.4. The summed E-state index contributed by atoms with van der Waals surface area (Å²) >= 11 is 1.78. The molecule has 0 saturated heterocycles. The summed E-state index contributed by atoms with van der Waals surface area (Å²) in [5.74, 6) is 1.84. The van der Waals surface area contributed by atoms with Crippen LogP contribution >= 0.6 is 11.8 Å². The fourth-order valence-corrected chi connectivity index (χ4v) is 1.90. The second-order valence-corrected chi connectivity index (χ2v) is 4.30. The first-order chi connectivity index (χ1) is 7.86. The Kier molecular flexibility index (Phi) is 7.05. The van der Waals surface area contributed by atoms with Crippen molar-refractivity contribution in [1.82, 2.24) is 0 Å². The third kappa shape index (κ3) is 5.39. The van der Waals surface area contributed by atoms with Crippen molar-refractivity contribution < 1.29 is 14.2 Å². The lowest BCUT2D eigenvalue weighted by Crippen LogP contribution is -2.04. The van der Waals surface area contributed by atoms with Crippen LogP contribution in [0.2, 0.25) is 0 Å². The molecule has 0 aliphatic rings. The van der Waals surface area contributed by atoms with E-state index in [0.29, 0.717) is 13.2 Å². The smallest absolute Gasteiger partial charge is 0.118 e. The fourth-order valence-electron chi connectivity index (χ4n) is 1.13. The standard InChI is InChI=1S/C12H18O3S/c1-13-7-8-15-9-10-16-12-5-3-11(14-2)4-6-12/h3-6H,7-10H2,1-2H3. The molecule has 16 heavy (non-hydrogen) atoms. The Hall–Kier alpha value is -0.710. The van der Waals surface area contributed by atoms with Crippen LogP contribution in [0.3, 0.4) is 0 Å². The first-order valence-corrected chi connectivity index (χ1v) is 6.19. The van der Waals surface area contributed by atoms with E-state index in [1.807, 2.05) is 12.1 Å². The summed E-state index contributed by atoms with van der Waals surface area (Å²) in [6, 6.07) is 8.04. The maximum Gasteiger partial charge on any atom is 0.118 e. The summed E-state index contributed by atoms with van der Waals surface area (Å²) < 4.78 is 15.3. The molecule has 0 aromatic heterocycles. The van der Waals surface area contributed by atoms with Crippen LogP contribution in [0.15, 0.2) is 29.2 Å². The average molecular weight is 242 g/mol. The zero-order valence-electron chi connectivity index (χ0n) is 9.77. The lowest BCUT2D eigenvalue weighted by atomic mass is 10.3. The minimum Gasteiger partial charge on any atom is -0.497 e. The van der Waals surface area contributed by atoms with Crippen molar-refractivity contribution in [3.05, 3.63) is 24.3 Å². The quantitative estimate of drug-likeness (QED) is 0.517. The average Bonchev–Trinajstić information content (AvgIpc) is 2.34. The molecule has 0 N–H and O–H groups in total. The Morgan fingerprint density at radius 3 is 2.38 bits per heavy atom. The van der Waals surface area contributed by atoms with Gasteiger partial charge in [-0.2, -0.15) is 0 Å². The number of methoxy groups -OCH3 is 2. The first-order valence-electron chi connectivity index (χ1n) is 5.20. The van der Waals surface area contributed by atoms with Crippen molar-refractivity contribution in [2.75, 3.05) is 39.8 Å². The van der Waals surface area contributed by atoms with Gasteiger partial charge >= 0.3 is 0 Å². The van der Waals surface area contributed by atoms with E-state index in [2.05, 4.69) is 12.1 Å². The van der Waals surface area contributed by atoms with E-state index in [4.69, 9.17) is 14.2 Å². The number of hydrogen-bond donors (Lipinski definition) is 0. The van der Waals surface area contributed by atoms with Gasteiger partial charge in [0.1, 0.15) is 5.75 Å². The van der Waals surface area contributed by atoms with Crippen LogP contribution in [-0.2, 0) is 9.47 Å². The minimum atomic E-state index is 0.660. The number of benzene rings is 1. The van der Waals surface area contributed by atoms with E-state index in [1.165, 1.54) is 4.90 Å². The Bertz CT molecular complexity index is 274. The van der Waals surface area contributed by atoms with Crippen LogP contribution in [0.1, 0.15) is 0 Å². The topological polar surface area (TPSA) is 27.7 Å². The van der Waals surface area contributed by atoms with Crippen LogP contribution in [0.25, 0.3) is 0 Å². The SMILES string of the molecule is COCCOCCSc1ccc(OC)cc1. The maximum absolute atomic E-state index is 5.37. The van der Waals surface area contributed by atoms with Crippen molar-refractivity contribution in [2.45, 2.75) is 4.90 Å². The summed E-state index contributed by atoms with van der Waals surface area (Å²) in [5.41, 5.74) is 0. The van der Waals surface area contributed by atoms with Gasteiger partial charge in [-0.3, -0.25) is 0 Å². The Morgan fingerprint density at radius 1 is 1.00 bits per heavy atom. The minimum absolute atomic E-state index is 0.660. The normalized spacial score (nSPS) is 10.4. The molecule has 4 heteroatoms. The van der Waals surface area contributed by atoms with E-state index in [0.717, 1.165) is 18.1 Å². The number of hydrogen-bond acceptors (Lipinski definition) is 4. The largest absolute Gasteiger partial charge is 0.497 e. The molecule has 1 rings (SSSR count). The molecule has 1 aromatic rings. The molecule has 0 heterocycles. The molecular weight excluding hydrogens is 224 g/mol. The van der Waals surface area contributed by atoms with E-state index in [9.17, 15) is 0 Å². The summed E-state index contributed by atoms with van der Waals surface area (Å²) in [5, 5.41) is 0. The summed E-state index contributed by atoms with van der Waals surface area (Å²) in [6.07, 6.45) is 0. The van der Waals surface area contributed by atoms with Crippen molar-refractivity contribution in [2.24, 2.45) is 0 Å². The van der Waals surface area contributed by atoms with E-state index >= 15 is 0 Å². The van der Waals surface area contributed by atoms with Gasteiger partial charge in [0, 0.05) is 17.8 Å². The molecule has 0 aliphatic carbocycles. The van der Waals surface area contributed by atoms with Gasteiger partial charge < -0.3 is 14.2 Å². The zero-order valence-corrected chi connectivity index (χ0v) is 10.6. The molecule has 90 valence electrons. The molecule has 0 radical (unpaired) electrons. The summed E-state index contributed by atoms with van der Waals surface area (Å²) in [7, 11) is 3.35. The van der Waals surface area contributed by atoms with E-state index in [-0.39, 0.29) is 0 Å². The highest BCUT2D eigenvalue weighted by atomic mass is 32.2. The van der Waals surface area contributed by atoms with Crippen molar-refractivity contribution in [3.63, 3.8) is 0 Å². The van der Waals surface area contributed by atoms with E-state index < -0.39 is 0 Å². The highest BCUT2D eigenvalue weighted by molar-refractivity contribution is 7.99. The molecule has 0 spiro atoms.